The molecule has 0 saturated carbocycles. The molecule has 0 fully saturated rings. The summed E-state index contributed by atoms with van der Waals surface area (Å²) in [6.07, 6.45) is 6.20. The molecular formula is C22H35NO5. The summed E-state index contributed by atoms with van der Waals surface area (Å²) in [5, 5.41) is 12.0. The maximum Gasteiger partial charge on any atom is 0.408 e. The van der Waals surface area contributed by atoms with Gasteiger partial charge in [0, 0.05) is 6.42 Å². The average molecular weight is 394 g/mol. The number of phenols is 1. The number of hydrogen-bond donors (Lipinski definition) is 2. The molecule has 0 aromatic heterocycles. The molecule has 1 amide bonds. The first-order chi connectivity index (χ1) is 13.2. The highest BCUT2D eigenvalue weighted by atomic mass is 16.6. The first kappa shape index (κ1) is 23.8. The number of rotatable bonds is 11. The highest BCUT2D eigenvalue weighted by Gasteiger charge is 2.25. The van der Waals surface area contributed by atoms with Gasteiger partial charge in [0.1, 0.15) is 17.4 Å². The predicted molar refractivity (Wildman–Crippen MR) is 109 cm³/mol. The van der Waals surface area contributed by atoms with E-state index < -0.39 is 23.7 Å². The van der Waals surface area contributed by atoms with E-state index in [1.807, 2.05) is 0 Å². The quantitative estimate of drug-likeness (QED) is 0.419. The van der Waals surface area contributed by atoms with Crippen molar-refractivity contribution in [3.8, 4) is 5.75 Å². The van der Waals surface area contributed by atoms with Crippen LogP contribution in [0.3, 0.4) is 0 Å². The van der Waals surface area contributed by atoms with Gasteiger partial charge in [0.05, 0.1) is 6.61 Å². The molecule has 1 rings (SSSR count). The van der Waals surface area contributed by atoms with Gasteiger partial charge in [0.15, 0.2) is 0 Å². The number of carbonyl (C=O) groups excluding carboxylic acids is 2. The Morgan fingerprint density at radius 2 is 1.64 bits per heavy atom. The zero-order chi connectivity index (χ0) is 21.0. The van der Waals surface area contributed by atoms with E-state index in [1.165, 1.54) is 19.3 Å². The molecule has 1 aromatic rings. The SMILES string of the molecule is CCCCCCCCOC(=O)[C@@H](Cc1ccc(O)cc1)NC(=O)OC(C)(C)C. The second-order valence-corrected chi connectivity index (χ2v) is 8.00. The summed E-state index contributed by atoms with van der Waals surface area (Å²) in [5.41, 5.74) is 0.144. The number of carbonyl (C=O) groups is 2. The molecule has 0 radical (unpaired) electrons. The van der Waals surface area contributed by atoms with E-state index >= 15 is 0 Å². The van der Waals surface area contributed by atoms with Crippen molar-refractivity contribution in [3.63, 3.8) is 0 Å². The van der Waals surface area contributed by atoms with Crippen LogP contribution in [-0.2, 0) is 20.7 Å². The van der Waals surface area contributed by atoms with Crippen molar-refractivity contribution in [2.75, 3.05) is 6.61 Å². The summed E-state index contributed by atoms with van der Waals surface area (Å²) < 4.78 is 10.6. The molecule has 1 atom stereocenters. The Morgan fingerprint density at radius 3 is 2.25 bits per heavy atom. The Labute approximate surface area is 168 Å². The summed E-state index contributed by atoms with van der Waals surface area (Å²) in [6.45, 7) is 7.80. The van der Waals surface area contributed by atoms with Crippen molar-refractivity contribution in [3.05, 3.63) is 29.8 Å². The standard InChI is InChI=1S/C22H35NO5/c1-5-6-7-8-9-10-15-27-20(25)19(23-21(26)28-22(2,3)4)16-17-11-13-18(24)14-12-17/h11-14,19,24H,5-10,15-16H2,1-4H3,(H,23,26)/t19-/m1/s1. The van der Waals surface area contributed by atoms with Gasteiger partial charge in [0.2, 0.25) is 0 Å². The van der Waals surface area contributed by atoms with Crippen LogP contribution in [0.4, 0.5) is 4.79 Å². The number of ether oxygens (including phenoxy) is 2. The van der Waals surface area contributed by atoms with Crippen LogP contribution < -0.4 is 5.32 Å². The molecule has 1 aromatic carbocycles. The highest BCUT2D eigenvalue weighted by molar-refractivity contribution is 5.81. The molecule has 158 valence electrons. The third-order valence-corrected chi connectivity index (χ3v) is 4.09. The number of benzene rings is 1. The summed E-state index contributed by atoms with van der Waals surface area (Å²) >= 11 is 0. The molecule has 0 bridgehead atoms. The van der Waals surface area contributed by atoms with Gasteiger partial charge in [-0.15, -0.1) is 0 Å². The van der Waals surface area contributed by atoms with Crippen LogP contribution >= 0.6 is 0 Å². The molecule has 0 aliphatic rings. The van der Waals surface area contributed by atoms with E-state index in [1.54, 1.807) is 45.0 Å². The number of alkyl carbamates (subject to hydrolysis) is 1. The number of esters is 1. The number of hydrogen-bond acceptors (Lipinski definition) is 5. The highest BCUT2D eigenvalue weighted by Crippen LogP contribution is 2.13. The molecule has 0 unspecified atom stereocenters. The van der Waals surface area contributed by atoms with Crippen molar-refractivity contribution >= 4 is 12.1 Å². The van der Waals surface area contributed by atoms with Gasteiger partial charge in [-0.25, -0.2) is 9.59 Å². The van der Waals surface area contributed by atoms with Gasteiger partial charge in [-0.2, -0.15) is 0 Å². The molecule has 28 heavy (non-hydrogen) atoms. The van der Waals surface area contributed by atoms with Crippen LogP contribution in [-0.4, -0.2) is 35.4 Å². The molecule has 0 aliphatic heterocycles. The van der Waals surface area contributed by atoms with Crippen LogP contribution in [0.15, 0.2) is 24.3 Å². The molecule has 0 aliphatic carbocycles. The van der Waals surface area contributed by atoms with Crippen molar-refractivity contribution in [2.45, 2.75) is 84.3 Å². The van der Waals surface area contributed by atoms with Crippen LogP contribution in [0.25, 0.3) is 0 Å². The fraction of sp³-hybridized carbons (Fsp3) is 0.636. The lowest BCUT2D eigenvalue weighted by Gasteiger charge is -2.23. The van der Waals surface area contributed by atoms with E-state index in [0.29, 0.717) is 6.61 Å². The van der Waals surface area contributed by atoms with Crippen LogP contribution in [0.1, 0.15) is 71.8 Å². The minimum Gasteiger partial charge on any atom is -0.508 e. The van der Waals surface area contributed by atoms with Crippen LogP contribution in [0.2, 0.25) is 0 Å². The van der Waals surface area contributed by atoms with Crippen molar-refractivity contribution in [1.29, 1.82) is 0 Å². The number of unbranched alkanes of at least 4 members (excludes halogenated alkanes) is 5. The van der Waals surface area contributed by atoms with E-state index in [2.05, 4.69) is 12.2 Å². The minimum atomic E-state index is -0.848. The van der Waals surface area contributed by atoms with Gasteiger partial charge in [-0.3, -0.25) is 0 Å². The summed E-state index contributed by atoms with van der Waals surface area (Å²) in [4.78, 5) is 24.6. The molecular weight excluding hydrogens is 358 g/mol. The van der Waals surface area contributed by atoms with E-state index in [0.717, 1.165) is 24.8 Å². The van der Waals surface area contributed by atoms with Gasteiger partial charge in [-0.05, 0) is 44.9 Å². The first-order valence-electron chi connectivity index (χ1n) is 10.2. The summed E-state index contributed by atoms with van der Waals surface area (Å²) in [6, 6.07) is 5.66. The van der Waals surface area contributed by atoms with Gasteiger partial charge in [-0.1, -0.05) is 51.2 Å². The summed E-state index contributed by atoms with van der Waals surface area (Å²) in [5.74, 6) is -0.335. The molecule has 0 heterocycles. The molecule has 0 saturated heterocycles. The lowest BCUT2D eigenvalue weighted by atomic mass is 10.1. The lowest BCUT2D eigenvalue weighted by Crippen LogP contribution is -2.45. The first-order valence-corrected chi connectivity index (χ1v) is 10.2. The molecule has 2 N–H and O–H groups in total. The van der Waals surface area contributed by atoms with Gasteiger partial charge < -0.3 is 19.9 Å². The monoisotopic (exact) mass is 393 g/mol. The van der Waals surface area contributed by atoms with Gasteiger partial charge >= 0.3 is 12.1 Å². The molecule has 6 nitrogen and oxygen atoms in total. The smallest absolute Gasteiger partial charge is 0.408 e. The fourth-order valence-electron chi connectivity index (χ4n) is 2.67. The van der Waals surface area contributed by atoms with E-state index in [9.17, 15) is 14.7 Å². The number of amides is 1. The lowest BCUT2D eigenvalue weighted by molar-refractivity contribution is -0.146. The maximum absolute atomic E-state index is 12.5. The molecule has 6 heteroatoms. The Morgan fingerprint density at radius 1 is 1.04 bits per heavy atom. The second kappa shape index (κ2) is 12.3. The normalized spacial score (nSPS) is 12.3. The van der Waals surface area contributed by atoms with Crippen molar-refractivity contribution in [2.24, 2.45) is 0 Å². The minimum absolute atomic E-state index is 0.144. The Hall–Kier alpha value is -2.24. The van der Waals surface area contributed by atoms with Crippen LogP contribution in [0.5, 0.6) is 5.75 Å². The zero-order valence-electron chi connectivity index (χ0n) is 17.6. The number of aromatic hydroxyl groups is 1. The average Bonchev–Trinajstić information content (AvgIpc) is 2.60. The summed E-state index contributed by atoms with van der Waals surface area (Å²) in [7, 11) is 0. The third kappa shape index (κ3) is 10.8. The Balaban J connectivity index is 2.59. The number of phenolic OH excluding ortho intramolecular Hbond substituents is 1. The van der Waals surface area contributed by atoms with E-state index in [-0.39, 0.29) is 12.2 Å². The topological polar surface area (TPSA) is 84.9 Å². The van der Waals surface area contributed by atoms with Gasteiger partial charge in [0.25, 0.3) is 0 Å². The van der Waals surface area contributed by atoms with E-state index in [4.69, 9.17) is 9.47 Å². The third-order valence-electron chi connectivity index (χ3n) is 4.09. The van der Waals surface area contributed by atoms with Crippen LogP contribution in [0, 0.1) is 0 Å². The number of nitrogens with one attached hydrogen (secondary N) is 1. The van der Waals surface area contributed by atoms with Crippen molar-refractivity contribution in [1.82, 2.24) is 5.32 Å². The Bertz CT molecular complexity index is 592. The second-order valence-electron chi connectivity index (χ2n) is 8.00. The largest absolute Gasteiger partial charge is 0.508 e. The zero-order valence-corrected chi connectivity index (χ0v) is 17.6. The predicted octanol–water partition coefficient (Wildman–Crippen LogP) is 4.73. The maximum atomic E-state index is 12.5. The van der Waals surface area contributed by atoms with Crippen molar-refractivity contribution < 1.29 is 24.2 Å². The fourth-order valence-corrected chi connectivity index (χ4v) is 2.67. The molecule has 0 spiro atoms. The Kier molecular flexibility index (Phi) is 10.4.